The molecule has 3 aromatic rings. The molecule has 11 heteroatoms. The normalized spacial score (nSPS) is 14.0. The third-order valence-electron chi connectivity index (χ3n) is 5.21. The number of amides is 2. The van der Waals surface area contributed by atoms with Crippen LogP contribution in [0.5, 0.6) is 0 Å². The van der Waals surface area contributed by atoms with Crippen LogP contribution in [0.4, 0.5) is 16.5 Å². The van der Waals surface area contributed by atoms with Crippen LogP contribution in [0.1, 0.15) is 30.1 Å². The number of hydrogen-bond donors (Lipinski definition) is 1. The number of ether oxygens (including phenoxy) is 1. The fraction of sp³-hybridized carbons (Fsp3) is 0.217. The molecule has 10 nitrogen and oxygen atoms in total. The Kier molecular flexibility index (Phi) is 6.64. The van der Waals surface area contributed by atoms with Gasteiger partial charge in [0.25, 0.3) is 11.6 Å². The number of carbonyl (C=O) groups is 3. The van der Waals surface area contributed by atoms with E-state index >= 15 is 0 Å². The molecule has 1 aliphatic heterocycles. The van der Waals surface area contributed by atoms with Gasteiger partial charge in [0, 0.05) is 41.7 Å². The van der Waals surface area contributed by atoms with Gasteiger partial charge in [0.05, 0.1) is 16.2 Å². The molecule has 2 heterocycles. The van der Waals surface area contributed by atoms with Crippen molar-refractivity contribution in [2.24, 2.45) is 0 Å². The van der Waals surface area contributed by atoms with Gasteiger partial charge in [0.2, 0.25) is 5.91 Å². The number of nitrogens with zero attached hydrogens (tertiary/aromatic N) is 3. The van der Waals surface area contributed by atoms with Crippen molar-refractivity contribution in [2.75, 3.05) is 16.8 Å². The van der Waals surface area contributed by atoms with E-state index in [2.05, 4.69) is 10.3 Å². The van der Waals surface area contributed by atoms with Gasteiger partial charge in [-0.1, -0.05) is 18.2 Å². The second-order valence-corrected chi connectivity index (χ2v) is 8.44. The fourth-order valence-corrected chi connectivity index (χ4v) is 4.18. The highest BCUT2D eigenvalue weighted by Crippen LogP contribution is 2.28. The molecule has 0 aliphatic carbocycles. The van der Waals surface area contributed by atoms with E-state index in [1.54, 1.807) is 46.7 Å². The van der Waals surface area contributed by atoms with Crippen molar-refractivity contribution in [1.82, 2.24) is 4.98 Å². The zero-order valence-corrected chi connectivity index (χ0v) is 18.9. The maximum absolute atomic E-state index is 12.6. The second-order valence-electron chi connectivity index (χ2n) is 7.58. The van der Waals surface area contributed by atoms with Crippen molar-refractivity contribution in [3.05, 3.63) is 69.6 Å². The quantitative estimate of drug-likeness (QED) is 0.307. The standard InChI is InChI=1S/C23H20N4O6S/c1-14(33-22(30)16-6-3-7-17(12-16)26-10-4-9-20(26)28)21(29)25-23-24-19(13-34-23)15-5-2-8-18(11-15)27(31)32/h2-3,5-8,11-14H,4,9-10H2,1H3,(H,24,25,29). The number of nitrogens with one attached hydrogen (secondary N) is 1. The molecule has 0 spiro atoms. The molecule has 0 radical (unpaired) electrons. The zero-order chi connectivity index (χ0) is 24.2. The minimum Gasteiger partial charge on any atom is -0.449 e. The number of anilines is 2. The van der Waals surface area contributed by atoms with Crippen molar-refractivity contribution in [1.29, 1.82) is 0 Å². The third-order valence-corrected chi connectivity index (χ3v) is 5.96. The molecule has 1 fully saturated rings. The molecular formula is C23H20N4O6S. The van der Waals surface area contributed by atoms with E-state index in [-0.39, 0.29) is 22.3 Å². The maximum atomic E-state index is 12.6. The van der Waals surface area contributed by atoms with Crippen LogP contribution < -0.4 is 10.2 Å². The summed E-state index contributed by atoms with van der Waals surface area (Å²) in [4.78, 5) is 53.4. The first kappa shape index (κ1) is 23.1. The minimum absolute atomic E-state index is 0.00573. The Balaban J connectivity index is 1.38. The van der Waals surface area contributed by atoms with E-state index in [0.717, 1.165) is 17.8 Å². The molecule has 1 unspecified atom stereocenters. The number of nitro benzene ring substituents is 1. The van der Waals surface area contributed by atoms with Crippen LogP contribution in [0.3, 0.4) is 0 Å². The molecular weight excluding hydrogens is 460 g/mol. The topological polar surface area (TPSA) is 132 Å². The molecule has 0 saturated carbocycles. The second kappa shape index (κ2) is 9.79. The Labute approximate surface area is 198 Å². The number of benzene rings is 2. The van der Waals surface area contributed by atoms with E-state index in [0.29, 0.717) is 29.9 Å². The lowest BCUT2D eigenvalue weighted by molar-refractivity contribution is -0.384. The first-order valence-electron chi connectivity index (χ1n) is 10.4. The summed E-state index contributed by atoms with van der Waals surface area (Å²) in [6.45, 7) is 2.04. The lowest BCUT2D eigenvalue weighted by Crippen LogP contribution is -2.30. The Morgan fingerprint density at radius 1 is 1.24 bits per heavy atom. The highest BCUT2D eigenvalue weighted by atomic mass is 32.1. The van der Waals surface area contributed by atoms with E-state index in [9.17, 15) is 24.5 Å². The summed E-state index contributed by atoms with van der Waals surface area (Å²) in [7, 11) is 0. The Morgan fingerprint density at radius 2 is 2.03 bits per heavy atom. The number of rotatable bonds is 7. The molecule has 34 heavy (non-hydrogen) atoms. The van der Waals surface area contributed by atoms with Gasteiger partial charge < -0.3 is 9.64 Å². The van der Waals surface area contributed by atoms with Crippen molar-refractivity contribution >= 4 is 45.6 Å². The van der Waals surface area contributed by atoms with Gasteiger partial charge in [-0.05, 0) is 31.5 Å². The number of non-ortho nitro benzene ring substituents is 1. The Morgan fingerprint density at radius 3 is 2.76 bits per heavy atom. The molecule has 1 N–H and O–H groups in total. The molecule has 2 aromatic carbocycles. The van der Waals surface area contributed by atoms with Gasteiger partial charge >= 0.3 is 5.97 Å². The Hall–Kier alpha value is -4.12. The predicted octanol–water partition coefficient (Wildman–Crippen LogP) is 4.03. The van der Waals surface area contributed by atoms with E-state index in [4.69, 9.17) is 4.74 Å². The van der Waals surface area contributed by atoms with Gasteiger partial charge in [0.15, 0.2) is 11.2 Å². The summed E-state index contributed by atoms with van der Waals surface area (Å²) in [5, 5.41) is 15.5. The average Bonchev–Trinajstić information content (AvgIpc) is 3.48. The number of aromatic nitrogens is 1. The van der Waals surface area contributed by atoms with Crippen molar-refractivity contribution in [3.63, 3.8) is 0 Å². The monoisotopic (exact) mass is 480 g/mol. The predicted molar refractivity (Wildman–Crippen MR) is 126 cm³/mol. The van der Waals surface area contributed by atoms with Crippen LogP contribution in [0, 0.1) is 10.1 Å². The van der Waals surface area contributed by atoms with Gasteiger partial charge in [-0.3, -0.25) is 25.0 Å². The third kappa shape index (κ3) is 5.09. The van der Waals surface area contributed by atoms with E-state index in [1.165, 1.54) is 19.1 Å². The summed E-state index contributed by atoms with van der Waals surface area (Å²) in [6.07, 6.45) is 0.144. The van der Waals surface area contributed by atoms with Gasteiger partial charge in [-0.25, -0.2) is 9.78 Å². The van der Waals surface area contributed by atoms with E-state index < -0.39 is 22.9 Å². The molecule has 174 valence electrons. The first-order chi connectivity index (χ1) is 16.3. The van der Waals surface area contributed by atoms with E-state index in [1.807, 2.05) is 0 Å². The first-order valence-corrected chi connectivity index (χ1v) is 11.3. The van der Waals surface area contributed by atoms with Gasteiger partial charge in [-0.15, -0.1) is 11.3 Å². The molecule has 1 atom stereocenters. The molecule has 1 aliphatic rings. The summed E-state index contributed by atoms with van der Waals surface area (Å²) < 4.78 is 5.30. The number of thiazole rings is 1. The highest BCUT2D eigenvalue weighted by molar-refractivity contribution is 7.14. The zero-order valence-electron chi connectivity index (χ0n) is 18.1. The minimum atomic E-state index is -1.10. The summed E-state index contributed by atoms with van der Waals surface area (Å²) >= 11 is 1.15. The van der Waals surface area contributed by atoms with Gasteiger partial charge in [0.1, 0.15) is 0 Å². The van der Waals surface area contributed by atoms with Crippen LogP contribution in [-0.4, -0.2) is 40.3 Å². The van der Waals surface area contributed by atoms with Crippen molar-refractivity contribution in [2.45, 2.75) is 25.9 Å². The van der Waals surface area contributed by atoms with Crippen LogP contribution in [-0.2, 0) is 14.3 Å². The molecule has 0 bridgehead atoms. The van der Waals surface area contributed by atoms with Crippen LogP contribution in [0.25, 0.3) is 11.3 Å². The molecule has 4 rings (SSSR count). The average molecular weight is 481 g/mol. The van der Waals surface area contributed by atoms with Crippen molar-refractivity contribution in [3.8, 4) is 11.3 Å². The van der Waals surface area contributed by atoms with Crippen LogP contribution in [0.2, 0.25) is 0 Å². The number of esters is 1. The largest absolute Gasteiger partial charge is 0.449 e. The molecule has 2 amide bonds. The molecule has 1 aromatic heterocycles. The Bertz CT molecular complexity index is 1270. The maximum Gasteiger partial charge on any atom is 0.338 e. The van der Waals surface area contributed by atoms with Crippen LogP contribution >= 0.6 is 11.3 Å². The highest BCUT2D eigenvalue weighted by Gasteiger charge is 2.24. The van der Waals surface area contributed by atoms with Crippen molar-refractivity contribution < 1.29 is 24.0 Å². The molecule has 1 saturated heterocycles. The number of carbonyl (C=O) groups excluding carboxylic acids is 3. The van der Waals surface area contributed by atoms with Gasteiger partial charge in [-0.2, -0.15) is 0 Å². The summed E-state index contributed by atoms with van der Waals surface area (Å²) in [5.41, 5.74) is 1.81. The SMILES string of the molecule is CC(OC(=O)c1cccc(N2CCCC2=O)c1)C(=O)Nc1nc(-c2cccc([N+](=O)[O-])c2)cs1. The fourth-order valence-electron chi connectivity index (χ4n) is 3.45. The smallest absolute Gasteiger partial charge is 0.338 e. The summed E-state index contributed by atoms with van der Waals surface area (Å²) in [6, 6.07) is 12.6. The number of nitro groups is 1. The lowest BCUT2D eigenvalue weighted by Gasteiger charge is -2.17. The van der Waals surface area contributed by atoms with Crippen LogP contribution in [0.15, 0.2) is 53.9 Å². The number of hydrogen-bond acceptors (Lipinski definition) is 8. The summed E-state index contributed by atoms with van der Waals surface area (Å²) in [5.74, 6) is -1.25. The lowest BCUT2D eigenvalue weighted by atomic mass is 10.1.